The highest BCUT2D eigenvalue weighted by Gasteiger charge is 2.22. The van der Waals surface area contributed by atoms with E-state index in [1.54, 1.807) is 0 Å². The maximum atomic E-state index is 13.1. The average molecular weight is 449 g/mol. The van der Waals surface area contributed by atoms with Crippen LogP contribution in [0.25, 0.3) is 10.9 Å². The molecule has 176 valence electrons. The molecule has 1 atom stereocenters. The molecule has 3 aromatic rings. The fourth-order valence-electron chi connectivity index (χ4n) is 3.99. The molecule has 2 amide bonds. The van der Waals surface area contributed by atoms with Crippen LogP contribution in [0.1, 0.15) is 48.8 Å². The van der Waals surface area contributed by atoms with Crippen molar-refractivity contribution in [1.29, 1.82) is 0 Å². The number of hydrogen-bond donors (Lipinski definition) is 4. The second kappa shape index (κ2) is 12.8. The zero-order valence-corrected chi connectivity index (χ0v) is 19.5. The second-order valence-electron chi connectivity index (χ2n) is 8.66. The molecule has 0 aliphatic carbocycles. The molecule has 3 rings (SSSR count). The van der Waals surface area contributed by atoms with Crippen molar-refractivity contribution in [3.05, 3.63) is 71.4 Å². The first-order valence-electron chi connectivity index (χ1n) is 11.9. The number of fused-ring (bicyclic) bond motifs is 1. The quantitative estimate of drug-likeness (QED) is 0.300. The maximum absolute atomic E-state index is 13.1. The van der Waals surface area contributed by atoms with Crippen LogP contribution in [0, 0.1) is 6.92 Å². The topological polar surface area (TPSA) is 100 Å². The van der Waals surface area contributed by atoms with Crippen LogP contribution in [0.5, 0.6) is 0 Å². The summed E-state index contributed by atoms with van der Waals surface area (Å²) in [6.45, 7) is 3.27. The van der Waals surface area contributed by atoms with Crippen LogP contribution in [-0.4, -0.2) is 35.9 Å². The van der Waals surface area contributed by atoms with E-state index in [0.717, 1.165) is 48.6 Å². The van der Waals surface area contributed by atoms with Crippen LogP contribution in [0.3, 0.4) is 0 Å². The molecule has 1 aromatic heterocycles. The SMILES string of the molecule is Cc1ccc(CCNC(=O)C(Cc2c[nH]c3ccccc23)NC(=O)CCCCCCN)cc1. The van der Waals surface area contributed by atoms with Gasteiger partial charge in [0.2, 0.25) is 11.8 Å². The lowest BCUT2D eigenvalue weighted by Gasteiger charge is -2.19. The van der Waals surface area contributed by atoms with Crippen LogP contribution < -0.4 is 16.4 Å². The van der Waals surface area contributed by atoms with Gasteiger partial charge < -0.3 is 21.4 Å². The number of nitrogens with one attached hydrogen (secondary N) is 3. The first-order valence-corrected chi connectivity index (χ1v) is 11.9. The van der Waals surface area contributed by atoms with Gasteiger partial charge in [-0.1, -0.05) is 60.9 Å². The molecular weight excluding hydrogens is 412 g/mol. The van der Waals surface area contributed by atoms with E-state index in [-0.39, 0.29) is 11.8 Å². The van der Waals surface area contributed by atoms with Crippen LogP contribution in [0.4, 0.5) is 0 Å². The molecular formula is C27H36N4O2. The minimum absolute atomic E-state index is 0.0822. The van der Waals surface area contributed by atoms with Gasteiger partial charge in [0.1, 0.15) is 6.04 Å². The van der Waals surface area contributed by atoms with Gasteiger partial charge in [-0.05, 0) is 49.9 Å². The van der Waals surface area contributed by atoms with Crippen molar-refractivity contribution in [2.45, 2.75) is 57.9 Å². The summed E-state index contributed by atoms with van der Waals surface area (Å²) in [4.78, 5) is 28.9. The number of aryl methyl sites for hydroxylation is 1. The van der Waals surface area contributed by atoms with Crippen molar-refractivity contribution in [2.75, 3.05) is 13.1 Å². The Morgan fingerprint density at radius 3 is 2.55 bits per heavy atom. The zero-order chi connectivity index (χ0) is 23.5. The number of nitrogens with two attached hydrogens (primary N) is 1. The number of rotatable bonds is 13. The minimum atomic E-state index is -0.612. The fourth-order valence-corrected chi connectivity index (χ4v) is 3.99. The minimum Gasteiger partial charge on any atom is -0.361 e. The predicted molar refractivity (Wildman–Crippen MR) is 134 cm³/mol. The maximum Gasteiger partial charge on any atom is 0.242 e. The first-order chi connectivity index (χ1) is 16.1. The fraction of sp³-hybridized carbons (Fsp3) is 0.407. The smallest absolute Gasteiger partial charge is 0.242 e. The summed E-state index contributed by atoms with van der Waals surface area (Å²) in [6.07, 6.45) is 7.33. The summed E-state index contributed by atoms with van der Waals surface area (Å²) in [5, 5.41) is 7.07. The molecule has 6 nitrogen and oxygen atoms in total. The van der Waals surface area contributed by atoms with Crippen molar-refractivity contribution in [3.63, 3.8) is 0 Å². The number of hydrogen-bond acceptors (Lipinski definition) is 3. The molecule has 0 radical (unpaired) electrons. The lowest BCUT2D eigenvalue weighted by Crippen LogP contribution is -2.48. The van der Waals surface area contributed by atoms with Crippen molar-refractivity contribution in [3.8, 4) is 0 Å². The van der Waals surface area contributed by atoms with Gasteiger partial charge in [0.25, 0.3) is 0 Å². The van der Waals surface area contributed by atoms with Gasteiger partial charge in [0, 0.05) is 36.5 Å². The normalized spacial score (nSPS) is 11.9. The highest BCUT2D eigenvalue weighted by molar-refractivity contribution is 5.89. The lowest BCUT2D eigenvalue weighted by atomic mass is 10.0. The largest absolute Gasteiger partial charge is 0.361 e. The van der Waals surface area contributed by atoms with E-state index < -0.39 is 6.04 Å². The summed E-state index contributed by atoms with van der Waals surface area (Å²) in [5.74, 6) is -0.231. The van der Waals surface area contributed by atoms with Crippen LogP contribution >= 0.6 is 0 Å². The Morgan fingerprint density at radius 2 is 1.76 bits per heavy atom. The third kappa shape index (κ3) is 7.75. The van der Waals surface area contributed by atoms with Crippen molar-refractivity contribution >= 4 is 22.7 Å². The number of aromatic nitrogens is 1. The zero-order valence-electron chi connectivity index (χ0n) is 19.5. The number of carbonyl (C=O) groups is 2. The Balaban J connectivity index is 1.60. The molecule has 0 spiro atoms. The number of aromatic amines is 1. The Bertz CT molecular complexity index is 1030. The molecule has 1 unspecified atom stereocenters. The molecule has 33 heavy (non-hydrogen) atoms. The molecule has 0 saturated carbocycles. The van der Waals surface area contributed by atoms with E-state index in [4.69, 9.17) is 5.73 Å². The molecule has 0 aliphatic rings. The van der Waals surface area contributed by atoms with E-state index >= 15 is 0 Å². The summed E-state index contributed by atoms with van der Waals surface area (Å²) in [6, 6.07) is 15.7. The summed E-state index contributed by atoms with van der Waals surface area (Å²) < 4.78 is 0. The van der Waals surface area contributed by atoms with Gasteiger partial charge in [0.05, 0.1) is 0 Å². The van der Waals surface area contributed by atoms with E-state index in [1.165, 1.54) is 11.1 Å². The molecule has 0 saturated heterocycles. The summed E-state index contributed by atoms with van der Waals surface area (Å²) >= 11 is 0. The van der Waals surface area contributed by atoms with E-state index in [2.05, 4.69) is 46.8 Å². The number of H-pyrrole nitrogens is 1. The number of unbranched alkanes of at least 4 members (excludes halogenated alkanes) is 3. The number of para-hydroxylation sites is 1. The predicted octanol–water partition coefficient (Wildman–Crippen LogP) is 3.77. The number of benzene rings is 2. The number of amides is 2. The van der Waals surface area contributed by atoms with E-state index in [9.17, 15) is 9.59 Å². The third-order valence-corrected chi connectivity index (χ3v) is 5.94. The highest BCUT2D eigenvalue weighted by Crippen LogP contribution is 2.19. The highest BCUT2D eigenvalue weighted by atomic mass is 16.2. The Labute approximate surface area is 196 Å². The molecule has 2 aromatic carbocycles. The van der Waals surface area contributed by atoms with Crippen molar-refractivity contribution < 1.29 is 9.59 Å². The monoisotopic (exact) mass is 448 g/mol. The molecule has 0 bridgehead atoms. The molecule has 1 heterocycles. The van der Waals surface area contributed by atoms with Gasteiger partial charge in [-0.3, -0.25) is 9.59 Å². The lowest BCUT2D eigenvalue weighted by molar-refractivity contribution is -0.129. The molecule has 5 N–H and O–H groups in total. The van der Waals surface area contributed by atoms with Gasteiger partial charge >= 0.3 is 0 Å². The molecule has 0 fully saturated rings. The van der Waals surface area contributed by atoms with Gasteiger partial charge in [-0.25, -0.2) is 0 Å². The number of carbonyl (C=O) groups excluding carboxylic acids is 2. The van der Waals surface area contributed by atoms with Gasteiger partial charge in [-0.2, -0.15) is 0 Å². The van der Waals surface area contributed by atoms with Crippen molar-refractivity contribution in [1.82, 2.24) is 15.6 Å². The Morgan fingerprint density at radius 1 is 1.00 bits per heavy atom. The van der Waals surface area contributed by atoms with E-state index in [1.807, 2.05) is 30.5 Å². The third-order valence-electron chi connectivity index (χ3n) is 5.94. The van der Waals surface area contributed by atoms with Gasteiger partial charge in [0.15, 0.2) is 0 Å². The standard InChI is InChI=1S/C27H36N4O2/c1-20-11-13-21(14-12-20)15-17-29-27(33)25(31-26(32)10-4-2-3-7-16-28)18-22-19-30-24-9-6-5-8-23(22)24/h5-6,8-9,11-14,19,25,30H,2-4,7,10,15-18,28H2,1H3,(H,29,33)(H,31,32). The van der Waals surface area contributed by atoms with Crippen molar-refractivity contribution in [2.24, 2.45) is 5.73 Å². The van der Waals surface area contributed by atoms with E-state index in [0.29, 0.717) is 25.9 Å². The van der Waals surface area contributed by atoms with Crippen LogP contribution in [0.15, 0.2) is 54.7 Å². The van der Waals surface area contributed by atoms with Crippen LogP contribution in [0.2, 0.25) is 0 Å². The first kappa shape index (κ1) is 24.5. The van der Waals surface area contributed by atoms with Gasteiger partial charge in [-0.15, -0.1) is 0 Å². The Kier molecular flexibility index (Phi) is 9.51. The molecule has 0 aliphatic heterocycles. The molecule has 6 heteroatoms. The second-order valence-corrected chi connectivity index (χ2v) is 8.66. The summed E-state index contributed by atoms with van der Waals surface area (Å²) in [5.41, 5.74) is 9.97. The summed E-state index contributed by atoms with van der Waals surface area (Å²) in [7, 11) is 0. The Hall–Kier alpha value is -3.12. The average Bonchev–Trinajstić information content (AvgIpc) is 3.22. The van der Waals surface area contributed by atoms with Crippen LogP contribution in [-0.2, 0) is 22.4 Å².